The van der Waals surface area contributed by atoms with Gasteiger partial charge in [0, 0.05) is 72.7 Å². The fourth-order valence-corrected chi connectivity index (χ4v) is 5.28. The Hall–Kier alpha value is -1.24. The Balaban J connectivity index is 2.00. The molecule has 0 unspecified atom stereocenters. The molecule has 0 aromatic carbocycles. The Morgan fingerprint density at radius 3 is 2.31 bits per heavy atom. The number of aromatic nitrogens is 4. The Bertz CT molecular complexity index is 1160. The standard InChI is InChI=1S/C19H24BIN4O3S/c1-11-13(9-22-24(11)7)15-8-12-14(20-27-18(2,3)19(4,5)28-20)10-23(6)17(26)16(12)25(15)29-21/h8-10H,1-7H3. The lowest BCUT2D eigenvalue weighted by Gasteiger charge is -2.32. The first-order valence-corrected chi connectivity index (χ1v) is 12.7. The van der Waals surface area contributed by atoms with Gasteiger partial charge in [-0.05, 0) is 40.7 Å². The van der Waals surface area contributed by atoms with Gasteiger partial charge in [0.05, 0.1) is 23.1 Å². The SMILES string of the molecule is Cc1c(-c2cc3c(B4OC(C)(C)C(C)(C)O4)cn(C)c(=O)c3n2SI)cnn1C. The van der Waals surface area contributed by atoms with E-state index in [1.54, 1.807) is 11.6 Å². The average Bonchev–Trinajstić information content (AvgIpc) is 3.23. The van der Waals surface area contributed by atoms with Crippen LogP contribution < -0.4 is 11.0 Å². The molecular weight excluding hydrogens is 502 g/mol. The van der Waals surface area contributed by atoms with Gasteiger partial charge >= 0.3 is 7.12 Å². The summed E-state index contributed by atoms with van der Waals surface area (Å²) in [5, 5.41) is 5.22. The fourth-order valence-electron chi connectivity index (χ4n) is 3.59. The summed E-state index contributed by atoms with van der Waals surface area (Å²) in [6.45, 7) is 10.1. The van der Waals surface area contributed by atoms with E-state index >= 15 is 0 Å². The second-order valence-corrected chi connectivity index (χ2v) is 10.2. The van der Waals surface area contributed by atoms with Crippen molar-refractivity contribution in [3.05, 3.63) is 34.5 Å². The van der Waals surface area contributed by atoms with Crippen LogP contribution in [0.25, 0.3) is 22.2 Å². The Kier molecular flexibility index (Phi) is 5.00. The molecule has 4 rings (SSSR count). The maximum atomic E-state index is 13.1. The molecule has 0 radical (unpaired) electrons. The van der Waals surface area contributed by atoms with Crippen molar-refractivity contribution in [1.82, 2.24) is 18.3 Å². The lowest BCUT2D eigenvalue weighted by atomic mass is 9.78. The second-order valence-electron chi connectivity index (χ2n) is 8.51. The van der Waals surface area contributed by atoms with E-state index in [0.717, 1.165) is 27.8 Å². The van der Waals surface area contributed by atoms with Crippen molar-refractivity contribution in [3.8, 4) is 11.3 Å². The molecule has 1 aliphatic rings. The topological polar surface area (TPSA) is 63.2 Å². The van der Waals surface area contributed by atoms with Crippen LogP contribution in [-0.2, 0) is 23.4 Å². The zero-order valence-electron chi connectivity index (χ0n) is 17.6. The lowest BCUT2D eigenvalue weighted by Crippen LogP contribution is -2.41. The lowest BCUT2D eigenvalue weighted by molar-refractivity contribution is 0.00578. The fraction of sp³-hybridized carbons (Fsp3) is 0.474. The van der Waals surface area contributed by atoms with Gasteiger partial charge in [-0.25, -0.2) is 0 Å². The van der Waals surface area contributed by atoms with Gasteiger partial charge in [-0.15, -0.1) is 0 Å². The van der Waals surface area contributed by atoms with Gasteiger partial charge in [0.25, 0.3) is 5.56 Å². The van der Waals surface area contributed by atoms with Crippen molar-refractivity contribution in [2.24, 2.45) is 14.1 Å². The average molecular weight is 526 g/mol. The monoisotopic (exact) mass is 526 g/mol. The van der Waals surface area contributed by atoms with Gasteiger partial charge in [-0.1, -0.05) is 0 Å². The van der Waals surface area contributed by atoms with Crippen LogP contribution in [0.4, 0.5) is 0 Å². The second kappa shape index (κ2) is 6.89. The smallest absolute Gasteiger partial charge is 0.399 e. The number of hydrogen-bond donors (Lipinski definition) is 0. The third kappa shape index (κ3) is 3.10. The molecule has 0 bridgehead atoms. The van der Waals surface area contributed by atoms with Crippen molar-refractivity contribution in [2.45, 2.75) is 45.8 Å². The molecule has 154 valence electrons. The molecule has 29 heavy (non-hydrogen) atoms. The van der Waals surface area contributed by atoms with Crippen LogP contribution in [0.2, 0.25) is 0 Å². The molecule has 1 fully saturated rings. The van der Waals surface area contributed by atoms with E-state index in [2.05, 4.69) is 26.3 Å². The zero-order valence-corrected chi connectivity index (χ0v) is 20.6. The van der Waals surface area contributed by atoms with E-state index in [-0.39, 0.29) is 5.56 Å². The highest BCUT2D eigenvalue weighted by molar-refractivity contribution is 14.2. The molecule has 1 saturated heterocycles. The minimum absolute atomic E-state index is 0.0581. The van der Waals surface area contributed by atoms with Crippen LogP contribution in [0.3, 0.4) is 0 Å². The summed E-state index contributed by atoms with van der Waals surface area (Å²) >= 11 is 2.21. The van der Waals surface area contributed by atoms with Gasteiger partial charge in [-0.3, -0.25) is 13.4 Å². The summed E-state index contributed by atoms with van der Waals surface area (Å²) in [7, 11) is 4.60. The Morgan fingerprint density at radius 2 is 1.79 bits per heavy atom. The summed E-state index contributed by atoms with van der Waals surface area (Å²) in [4.78, 5) is 13.1. The van der Waals surface area contributed by atoms with Crippen LogP contribution in [0.15, 0.2) is 23.3 Å². The highest BCUT2D eigenvalue weighted by atomic mass is 127. The first-order valence-electron chi connectivity index (χ1n) is 9.37. The summed E-state index contributed by atoms with van der Waals surface area (Å²) in [5.74, 6) is 0. The summed E-state index contributed by atoms with van der Waals surface area (Å²) in [5.41, 5.74) is 3.47. The molecule has 4 heterocycles. The molecule has 0 saturated carbocycles. The van der Waals surface area contributed by atoms with Crippen LogP contribution in [-0.4, -0.2) is 36.6 Å². The first kappa shape index (κ1) is 21.0. The van der Waals surface area contributed by atoms with Crippen molar-refractivity contribution >= 4 is 53.8 Å². The summed E-state index contributed by atoms with van der Waals surface area (Å²) in [6.07, 6.45) is 3.67. The van der Waals surface area contributed by atoms with Gasteiger partial charge in [0.2, 0.25) is 0 Å². The van der Waals surface area contributed by atoms with E-state index in [1.165, 1.54) is 9.12 Å². The Morgan fingerprint density at radius 1 is 1.17 bits per heavy atom. The van der Waals surface area contributed by atoms with Crippen LogP contribution in [0, 0.1) is 6.92 Å². The van der Waals surface area contributed by atoms with Crippen molar-refractivity contribution in [3.63, 3.8) is 0 Å². The number of pyridine rings is 1. The van der Waals surface area contributed by atoms with Crippen LogP contribution in [0.1, 0.15) is 33.4 Å². The first-order chi connectivity index (χ1) is 13.5. The van der Waals surface area contributed by atoms with Gasteiger partial charge in [-0.2, -0.15) is 5.10 Å². The van der Waals surface area contributed by atoms with Crippen LogP contribution >= 0.6 is 30.3 Å². The minimum Gasteiger partial charge on any atom is -0.399 e. The quantitative estimate of drug-likeness (QED) is 0.388. The van der Waals surface area contributed by atoms with Crippen molar-refractivity contribution < 1.29 is 9.31 Å². The third-order valence-corrected chi connectivity index (χ3v) is 7.91. The highest BCUT2D eigenvalue weighted by Gasteiger charge is 2.52. The predicted octanol–water partition coefficient (Wildman–Crippen LogP) is 3.19. The van der Waals surface area contributed by atoms with Gasteiger partial charge in [0.1, 0.15) is 5.52 Å². The predicted molar refractivity (Wildman–Crippen MR) is 127 cm³/mol. The van der Waals surface area contributed by atoms with Crippen LogP contribution in [0.5, 0.6) is 0 Å². The normalized spacial score (nSPS) is 18.1. The molecule has 3 aromatic heterocycles. The number of nitrogens with zero attached hydrogens (tertiary/aromatic N) is 4. The molecule has 0 amide bonds. The molecule has 1 aliphatic heterocycles. The van der Waals surface area contributed by atoms with E-state index < -0.39 is 18.3 Å². The van der Waals surface area contributed by atoms with Gasteiger partial charge < -0.3 is 13.9 Å². The number of aryl methyl sites for hydroxylation is 2. The molecule has 0 aliphatic carbocycles. The molecule has 7 nitrogen and oxygen atoms in total. The number of hydrogen-bond acceptors (Lipinski definition) is 5. The molecule has 3 aromatic rings. The third-order valence-electron chi connectivity index (χ3n) is 6.21. The maximum Gasteiger partial charge on any atom is 0.497 e. The Labute approximate surface area is 186 Å². The zero-order chi connectivity index (χ0) is 21.3. The maximum absolute atomic E-state index is 13.1. The number of fused-ring (bicyclic) bond motifs is 1. The number of rotatable bonds is 3. The minimum atomic E-state index is -0.549. The van der Waals surface area contributed by atoms with E-state index in [4.69, 9.17) is 9.31 Å². The summed E-state index contributed by atoms with van der Waals surface area (Å²) < 4.78 is 18.0. The van der Waals surface area contributed by atoms with Crippen molar-refractivity contribution in [2.75, 3.05) is 0 Å². The summed E-state index contributed by atoms with van der Waals surface area (Å²) in [6, 6.07) is 2.05. The molecule has 0 spiro atoms. The van der Waals surface area contributed by atoms with Crippen molar-refractivity contribution in [1.29, 1.82) is 0 Å². The molecule has 0 N–H and O–H groups in total. The van der Waals surface area contributed by atoms with E-state index in [0.29, 0.717) is 5.52 Å². The highest BCUT2D eigenvalue weighted by Crippen LogP contribution is 2.38. The van der Waals surface area contributed by atoms with E-state index in [1.807, 2.05) is 68.8 Å². The molecule has 0 atom stereocenters. The molecular formula is C19H24BIN4O3S. The molecule has 10 heteroatoms. The number of halogens is 1. The largest absolute Gasteiger partial charge is 0.497 e. The van der Waals surface area contributed by atoms with E-state index in [9.17, 15) is 4.79 Å². The van der Waals surface area contributed by atoms with Gasteiger partial charge in [0.15, 0.2) is 0 Å².